The van der Waals surface area contributed by atoms with Crippen molar-refractivity contribution in [3.05, 3.63) is 0 Å². The SMILES string of the molecule is CCOCCOCCC(=O)[O-].CC[N+]1(C)CCCC1. The van der Waals surface area contributed by atoms with Crippen molar-refractivity contribution in [3.8, 4) is 0 Å². The summed E-state index contributed by atoms with van der Waals surface area (Å²) in [5.74, 6) is -1.08. The van der Waals surface area contributed by atoms with Crippen molar-refractivity contribution in [2.75, 3.05) is 53.1 Å². The van der Waals surface area contributed by atoms with Crippen LogP contribution < -0.4 is 5.11 Å². The molecule has 0 aromatic heterocycles. The highest BCUT2D eigenvalue weighted by atomic mass is 16.5. The molecule has 5 heteroatoms. The number of carbonyl (C=O) groups excluding carboxylic acids is 1. The van der Waals surface area contributed by atoms with Gasteiger partial charge in [-0.15, -0.1) is 0 Å². The Balaban J connectivity index is 0.000000356. The molecule has 1 rings (SSSR count). The Kier molecular flexibility index (Phi) is 10.8. The maximum absolute atomic E-state index is 9.87. The number of aliphatic carboxylic acids is 1. The van der Waals surface area contributed by atoms with Gasteiger partial charge in [0.2, 0.25) is 0 Å². The summed E-state index contributed by atoms with van der Waals surface area (Å²) < 4.78 is 11.2. The van der Waals surface area contributed by atoms with Crippen molar-refractivity contribution in [2.45, 2.75) is 33.1 Å². The van der Waals surface area contributed by atoms with Gasteiger partial charge in [0.05, 0.1) is 46.5 Å². The van der Waals surface area contributed by atoms with Crippen LogP contribution in [0.25, 0.3) is 0 Å². The molecule has 5 nitrogen and oxygen atoms in total. The fourth-order valence-corrected chi connectivity index (χ4v) is 1.93. The summed E-state index contributed by atoms with van der Waals surface area (Å²) in [6.45, 7) is 10.1. The van der Waals surface area contributed by atoms with Crippen molar-refractivity contribution >= 4 is 5.97 Å². The van der Waals surface area contributed by atoms with Crippen LogP contribution in [0.2, 0.25) is 0 Å². The smallest absolute Gasteiger partial charge is 0.0786 e. The summed E-state index contributed by atoms with van der Waals surface area (Å²) in [7, 11) is 2.35. The fourth-order valence-electron chi connectivity index (χ4n) is 1.93. The van der Waals surface area contributed by atoms with Crippen LogP contribution in [0.3, 0.4) is 0 Å². The van der Waals surface area contributed by atoms with Gasteiger partial charge in [-0.05, 0) is 13.8 Å². The Morgan fingerprint density at radius 1 is 1.11 bits per heavy atom. The molecule has 0 aliphatic carbocycles. The molecular weight excluding hydrogens is 246 g/mol. The van der Waals surface area contributed by atoms with E-state index in [0.717, 1.165) is 0 Å². The first-order chi connectivity index (χ1) is 9.04. The topological polar surface area (TPSA) is 58.6 Å². The largest absolute Gasteiger partial charge is 0.550 e. The van der Waals surface area contributed by atoms with Crippen LogP contribution in [0.5, 0.6) is 0 Å². The Labute approximate surface area is 117 Å². The number of rotatable bonds is 8. The average molecular weight is 275 g/mol. The highest BCUT2D eigenvalue weighted by Crippen LogP contribution is 2.14. The van der Waals surface area contributed by atoms with E-state index < -0.39 is 5.97 Å². The van der Waals surface area contributed by atoms with E-state index in [9.17, 15) is 9.90 Å². The lowest BCUT2D eigenvalue weighted by molar-refractivity contribution is -0.895. The monoisotopic (exact) mass is 275 g/mol. The third kappa shape index (κ3) is 10.9. The van der Waals surface area contributed by atoms with Crippen molar-refractivity contribution in [3.63, 3.8) is 0 Å². The van der Waals surface area contributed by atoms with Gasteiger partial charge in [-0.1, -0.05) is 0 Å². The second-order valence-corrected chi connectivity index (χ2v) is 5.02. The first kappa shape index (κ1) is 18.4. The number of carboxylic acids is 1. The van der Waals surface area contributed by atoms with Crippen molar-refractivity contribution in [1.29, 1.82) is 0 Å². The molecule has 0 spiro atoms. The number of ether oxygens (including phenoxy) is 2. The minimum atomic E-state index is -1.08. The van der Waals surface area contributed by atoms with E-state index in [1.165, 1.54) is 37.0 Å². The Morgan fingerprint density at radius 2 is 1.68 bits per heavy atom. The number of hydrogen-bond donors (Lipinski definition) is 0. The van der Waals surface area contributed by atoms with Crippen LogP contribution in [0.4, 0.5) is 0 Å². The van der Waals surface area contributed by atoms with Crippen molar-refractivity contribution in [2.24, 2.45) is 0 Å². The number of likely N-dealkylation sites (tertiary alicyclic amines) is 1. The Morgan fingerprint density at radius 3 is 2.11 bits per heavy atom. The molecule has 0 N–H and O–H groups in total. The summed E-state index contributed by atoms with van der Waals surface area (Å²) in [6.07, 6.45) is 2.85. The molecule has 0 bridgehead atoms. The van der Waals surface area contributed by atoms with E-state index in [-0.39, 0.29) is 13.0 Å². The van der Waals surface area contributed by atoms with Gasteiger partial charge in [0.25, 0.3) is 0 Å². The van der Waals surface area contributed by atoms with E-state index in [0.29, 0.717) is 19.8 Å². The number of carbonyl (C=O) groups is 1. The van der Waals surface area contributed by atoms with Gasteiger partial charge >= 0.3 is 0 Å². The van der Waals surface area contributed by atoms with Crippen LogP contribution in [-0.4, -0.2) is 63.6 Å². The highest BCUT2D eigenvalue weighted by molar-refractivity contribution is 5.64. The number of carboxylic acid groups (broad SMARTS) is 1. The van der Waals surface area contributed by atoms with E-state index in [1.54, 1.807) is 0 Å². The minimum absolute atomic E-state index is 0.0495. The van der Waals surface area contributed by atoms with E-state index in [2.05, 4.69) is 14.0 Å². The summed E-state index contributed by atoms with van der Waals surface area (Å²) in [4.78, 5) is 9.87. The predicted molar refractivity (Wildman–Crippen MR) is 72.6 cm³/mol. The highest BCUT2D eigenvalue weighted by Gasteiger charge is 2.23. The molecule has 1 fully saturated rings. The first-order valence-electron chi connectivity index (χ1n) is 7.23. The molecule has 0 saturated carbocycles. The Bertz CT molecular complexity index is 227. The number of nitrogens with zero attached hydrogens (tertiary/aromatic N) is 1. The lowest BCUT2D eigenvalue weighted by atomic mass is 10.4. The molecule has 0 unspecified atom stereocenters. The van der Waals surface area contributed by atoms with Crippen LogP contribution in [-0.2, 0) is 14.3 Å². The van der Waals surface area contributed by atoms with Gasteiger partial charge in [0.15, 0.2) is 0 Å². The zero-order valence-corrected chi connectivity index (χ0v) is 12.7. The maximum atomic E-state index is 9.87. The van der Waals surface area contributed by atoms with Gasteiger partial charge < -0.3 is 23.9 Å². The molecule has 0 aromatic rings. The molecule has 1 aliphatic rings. The molecule has 0 aromatic carbocycles. The second-order valence-electron chi connectivity index (χ2n) is 5.02. The number of hydrogen-bond acceptors (Lipinski definition) is 4. The van der Waals surface area contributed by atoms with E-state index in [1.807, 2.05) is 6.92 Å². The maximum Gasteiger partial charge on any atom is 0.0786 e. The summed E-state index contributed by atoms with van der Waals surface area (Å²) in [6, 6.07) is 0. The van der Waals surface area contributed by atoms with Gasteiger partial charge in [0.1, 0.15) is 0 Å². The Hall–Kier alpha value is -0.650. The zero-order chi connectivity index (χ0) is 14.6. The first-order valence-corrected chi connectivity index (χ1v) is 7.23. The van der Waals surface area contributed by atoms with E-state index >= 15 is 0 Å². The number of quaternary nitrogens is 1. The molecule has 0 atom stereocenters. The fraction of sp³-hybridized carbons (Fsp3) is 0.929. The minimum Gasteiger partial charge on any atom is -0.550 e. The normalized spacial score (nSPS) is 16.8. The lowest BCUT2D eigenvalue weighted by Gasteiger charge is -2.26. The second kappa shape index (κ2) is 11.2. The molecular formula is C14H29NO4. The molecule has 1 aliphatic heterocycles. The average Bonchev–Trinajstić information content (AvgIpc) is 2.82. The molecule has 0 amide bonds. The summed E-state index contributed by atoms with van der Waals surface area (Å²) in [5, 5.41) is 9.87. The van der Waals surface area contributed by atoms with Crippen molar-refractivity contribution < 1.29 is 23.9 Å². The third-order valence-electron chi connectivity index (χ3n) is 3.44. The van der Waals surface area contributed by atoms with Crippen LogP contribution >= 0.6 is 0 Å². The molecule has 114 valence electrons. The summed E-state index contributed by atoms with van der Waals surface area (Å²) in [5.41, 5.74) is 0. The lowest BCUT2D eigenvalue weighted by Crippen LogP contribution is -2.40. The van der Waals surface area contributed by atoms with Crippen LogP contribution in [0.1, 0.15) is 33.1 Å². The van der Waals surface area contributed by atoms with Crippen molar-refractivity contribution in [1.82, 2.24) is 0 Å². The van der Waals surface area contributed by atoms with Gasteiger partial charge in [-0.2, -0.15) is 0 Å². The van der Waals surface area contributed by atoms with Gasteiger partial charge in [-0.25, -0.2) is 0 Å². The zero-order valence-electron chi connectivity index (χ0n) is 12.7. The van der Waals surface area contributed by atoms with Gasteiger partial charge in [0, 0.05) is 31.8 Å². The summed E-state index contributed by atoms with van der Waals surface area (Å²) >= 11 is 0. The molecule has 0 radical (unpaired) electrons. The quantitative estimate of drug-likeness (QED) is 0.476. The molecule has 1 saturated heterocycles. The van der Waals surface area contributed by atoms with Crippen LogP contribution in [0, 0.1) is 0 Å². The van der Waals surface area contributed by atoms with Crippen LogP contribution in [0.15, 0.2) is 0 Å². The molecule has 1 heterocycles. The standard InChI is InChI=1S/C7H16N.C7H14O4/c1-3-8(2)6-4-5-7-8;1-2-10-5-6-11-4-3-7(8)9/h3-7H2,1-2H3;2-6H2,1H3,(H,8,9)/q+1;/p-1. The molecule has 19 heavy (non-hydrogen) atoms. The third-order valence-corrected chi connectivity index (χ3v) is 3.44. The van der Waals surface area contributed by atoms with E-state index in [4.69, 9.17) is 9.47 Å². The van der Waals surface area contributed by atoms with Gasteiger partial charge in [-0.3, -0.25) is 0 Å². The predicted octanol–water partition coefficient (Wildman–Crippen LogP) is 0.426.